The Hall–Kier alpha value is -2.99. The molecule has 3 aromatic rings. The second kappa shape index (κ2) is 7.94. The molecule has 0 saturated heterocycles. The van der Waals surface area contributed by atoms with E-state index in [2.05, 4.69) is 16.8 Å². The summed E-state index contributed by atoms with van der Waals surface area (Å²) in [5, 5.41) is 1.06. The van der Waals surface area contributed by atoms with Crippen LogP contribution in [0.15, 0.2) is 47.3 Å². The highest BCUT2D eigenvalue weighted by atomic mass is 16.7. The second-order valence-electron chi connectivity index (χ2n) is 7.04. The fraction of sp³-hybridized carbons (Fsp3) is 0.318. The number of fused-ring (bicyclic) bond motifs is 2. The van der Waals surface area contributed by atoms with Crippen molar-refractivity contribution >= 4 is 10.9 Å². The van der Waals surface area contributed by atoms with Crippen LogP contribution in [0.5, 0.6) is 17.2 Å². The first-order valence-electron chi connectivity index (χ1n) is 9.49. The van der Waals surface area contributed by atoms with Gasteiger partial charge in [-0.3, -0.25) is 9.69 Å². The van der Waals surface area contributed by atoms with Gasteiger partial charge < -0.3 is 19.2 Å². The molecule has 1 aliphatic heterocycles. The van der Waals surface area contributed by atoms with E-state index in [1.807, 2.05) is 43.4 Å². The summed E-state index contributed by atoms with van der Waals surface area (Å²) in [6, 6.07) is 13.4. The van der Waals surface area contributed by atoms with Gasteiger partial charge in [-0.25, -0.2) is 0 Å². The lowest BCUT2D eigenvalue weighted by atomic mass is 10.1. The van der Waals surface area contributed by atoms with E-state index in [4.69, 9.17) is 14.2 Å². The van der Waals surface area contributed by atoms with Crippen LogP contribution in [0.4, 0.5) is 0 Å². The highest BCUT2D eigenvalue weighted by Crippen LogP contribution is 2.38. The number of H-pyrrole nitrogens is 1. The molecule has 28 heavy (non-hydrogen) atoms. The Bertz CT molecular complexity index is 1040. The Balaban J connectivity index is 1.59. The van der Waals surface area contributed by atoms with Gasteiger partial charge in [0.15, 0.2) is 11.5 Å². The van der Waals surface area contributed by atoms with Crippen LogP contribution in [0.25, 0.3) is 10.9 Å². The van der Waals surface area contributed by atoms with Crippen molar-refractivity contribution in [3.05, 3.63) is 63.9 Å². The average Bonchev–Trinajstić information content (AvgIpc) is 3.13. The summed E-state index contributed by atoms with van der Waals surface area (Å²) in [4.78, 5) is 17.1. The molecule has 0 fully saturated rings. The van der Waals surface area contributed by atoms with Crippen LogP contribution in [0.1, 0.15) is 24.5 Å². The van der Waals surface area contributed by atoms with Gasteiger partial charge in [-0.1, -0.05) is 25.1 Å². The van der Waals surface area contributed by atoms with E-state index in [0.29, 0.717) is 19.7 Å². The monoisotopic (exact) mass is 380 g/mol. The third-order valence-electron chi connectivity index (χ3n) is 4.73. The van der Waals surface area contributed by atoms with E-state index in [-0.39, 0.29) is 12.4 Å². The summed E-state index contributed by atoms with van der Waals surface area (Å²) < 4.78 is 16.9. The molecule has 0 spiro atoms. The number of ether oxygens (including phenoxy) is 3. The smallest absolute Gasteiger partial charge is 0.248 e. The van der Waals surface area contributed by atoms with Crippen LogP contribution in [0.2, 0.25) is 0 Å². The van der Waals surface area contributed by atoms with Crippen LogP contribution in [-0.4, -0.2) is 30.3 Å². The van der Waals surface area contributed by atoms with Crippen LogP contribution in [-0.2, 0) is 13.1 Å². The number of nitrogens with zero attached hydrogens (tertiary/aromatic N) is 1. The molecule has 0 atom stereocenters. The van der Waals surface area contributed by atoms with E-state index >= 15 is 0 Å². The fourth-order valence-corrected chi connectivity index (χ4v) is 3.48. The summed E-state index contributed by atoms with van der Waals surface area (Å²) in [5.41, 5.74) is 2.80. The Labute approximate surface area is 163 Å². The van der Waals surface area contributed by atoms with E-state index in [0.717, 1.165) is 45.7 Å². The molecule has 2 heterocycles. The number of aromatic amines is 1. The van der Waals surface area contributed by atoms with E-state index in [1.165, 1.54) is 0 Å². The first-order valence-corrected chi connectivity index (χ1v) is 9.49. The van der Waals surface area contributed by atoms with Crippen molar-refractivity contribution in [3.63, 3.8) is 0 Å². The van der Waals surface area contributed by atoms with Gasteiger partial charge >= 0.3 is 0 Å². The summed E-state index contributed by atoms with van der Waals surface area (Å²) in [6.07, 6.45) is 0.933. The summed E-state index contributed by atoms with van der Waals surface area (Å²) in [7, 11) is 2.03. The molecule has 0 aliphatic carbocycles. The predicted octanol–water partition coefficient (Wildman–Crippen LogP) is 3.68. The van der Waals surface area contributed by atoms with Gasteiger partial charge in [0.25, 0.3) is 0 Å². The SMILES string of the molecule is CCCOc1cc2c(cc1CN(C)Cc1cc(=O)[nH]c3ccccc13)OCO2. The fourth-order valence-electron chi connectivity index (χ4n) is 3.48. The number of nitrogens with one attached hydrogen (secondary N) is 1. The highest BCUT2D eigenvalue weighted by Gasteiger charge is 2.19. The predicted molar refractivity (Wildman–Crippen MR) is 108 cm³/mol. The van der Waals surface area contributed by atoms with Crippen molar-refractivity contribution in [1.29, 1.82) is 0 Å². The third-order valence-corrected chi connectivity index (χ3v) is 4.73. The van der Waals surface area contributed by atoms with Crippen molar-refractivity contribution in [2.75, 3.05) is 20.4 Å². The number of benzene rings is 2. The van der Waals surface area contributed by atoms with Gasteiger partial charge in [-0.05, 0) is 31.2 Å². The zero-order chi connectivity index (χ0) is 19.5. The number of para-hydroxylation sites is 1. The minimum atomic E-state index is -0.0860. The molecule has 146 valence electrons. The molecule has 6 heteroatoms. The van der Waals surface area contributed by atoms with Gasteiger partial charge in [0, 0.05) is 41.7 Å². The zero-order valence-electron chi connectivity index (χ0n) is 16.2. The molecule has 0 bridgehead atoms. The highest BCUT2D eigenvalue weighted by molar-refractivity contribution is 5.81. The van der Waals surface area contributed by atoms with Gasteiger partial charge in [-0.2, -0.15) is 0 Å². The molecule has 1 aliphatic rings. The lowest BCUT2D eigenvalue weighted by Gasteiger charge is -2.20. The maximum absolute atomic E-state index is 12.0. The van der Waals surface area contributed by atoms with Crippen LogP contribution in [0.3, 0.4) is 0 Å². The molecule has 0 amide bonds. The zero-order valence-corrected chi connectivity index (χ0v) is 16.2. The van der Waals surface area contributed by atoms with Gasteiger partial charge in [-0.15, -0.1) is 0 Å². The molecule has 0 saturated carbocycles. The van der Waals surface area contributed by atoms with Crippen LogP contribution >= 0.6 is 0 Å². The van der Waals surface area contributed by atoms with E-state index in [9.17, 15) is 4.79 Å². The molecule has 0 unspecified atom stereocenters. The Morgan fingerprint density at radius 2 is 1.82 bits per heavy atom. The van der Waals surface area contributed by atoms with Gasteiger partial charge in [0.2, 0.25) is 12.4 Å². The Morgan fingerprint density at radius 1 is 1.07 bits per heavy atom. The number of pyridine rings is 1. The maximum atomic E-state index is 12.0. The molecule has 1 aromatic heterocycles. The Kier molecular flexibility index (Phi) is 5.21. The number of aromatic nitrogens is 1. The average molecular weight is 380 g/mol. The van der Waals surface area contributed by atoms with Crippen molar-refractivity contribution in [1.82, 2.24) is 9.88 Å². The Morgan fingerprint density at radius 3 is 2.64 bits per heavy atom. The van der Waals surface area contributed by atoms with Crippen LogP contribution in [0, 0.1) is 0 Å². The normalized spacial score (nSPS) is 12.7. The first-order chi connectivity index (χ1) is 13.6. The van der Waals surface area contributed by atoms with E-state index < -0.39 is 0 Å². The minimum Gasteiger partial charge on any atom is -0.493 e. The molecular formula is C22H24N2O4. The summed E-state index contributed by atoms with van der Waals surface area (Å²) in [6.45, 7) is 4.27. The lowest BCUT2D eigenvalue weighted by molar-refractivity contribution is 0.173. The second-order valence-corrected chi connectivity index (χ2v) is 7.04. The summed E-state index contributed by atoms with van der Waals surface area (Å²) >= 11 is 0. The molecule has 0 radical (unpaired) electrons. The molecule has 6 nitrogen and oxygen atoms in total. The number of hydrogen-bond acceptors (Lipinski definition) is 5. The molecule has 4 rings (SSSR count). The maximum Gasteiger partial charge on any atom is 0.248 e. The van der Waals surface area contributed by atoms with E-state index in [1.54, 1.807) is 6.07 Å². The molecule has 2 aromatic carbocycles. The van der Waals surface area contributed by atoms with Crippen LogP contribution < -0.4 is 19.8 Å². The van der Waals surface area contributed by atoms with Crippen molar-refractivity contribution < 1.29 is 14.2 Å². The quantitative estimate of drug-likeness (QED) is 0.677. The largest absolute Gasteiger partial charge is 0.493 e. The van der Waals surface area contributed by atoms with Gasteiger partial charge in [0.1, 0.15) is 5.75 Å². The number of hydrogen-bond donors (Lipinski definition) is 1. The molecule has 1 N–H and O–H groups in total. The first kappa shape index (κ1) is 18.4. The van der Waals surface area contributed by atoms with Crippen molar-refractivity contribution in [2.24, 2.45) is 0 Å². The van der Waals surface area contributed by atoms with Crippen molar-refractivity contribution in [3.8, 4) is 17.2 Å². The summed E-state index contributed by atoms with van der Waals surface area (Å²) in [5.74, 6) is 2.28. The minimum absolute atomic E-state index is 0.0860. The standard InChI is InChI=1S/C22H24N2O4/c1-3-8-26-19-11-21-20(27-14-28-21)9-16(19)13-24(2)12-15-10-22(25)23-18-7-5-4-6-17(15)18/h4-7,9-11H,3,8,12-14H2,1-2H3,(H,23,25). The topological polar surface area (TPSA) is 63.8 Å². The van der Waals surface area contributed by atoms with Gasteiger partial charge in [0.05, 0.1) is 6.61 Å². The number of rotatable bonds is 7. The molecular weight excluding hydrogens is 356 g/mol. The lowest BCUT2D eigenvalue weighted by Crippen LogP contribution is -2.19. The third kappa shape index (κ3) is 3.82. The van der Waals surface area contributed by atoms with Crippen molar-refractivity contribution in [2.45, 2.75) is 26.4 Å².